The number of unbranched alkanes of at least 4 members (excludes halogenated alkanes) is 5. The lowest BCUT2D eigenvalue weighted by molar-refractivity contribution is 0.0497. The number of carbonyl (C=O) groups is 1. The Morgan fingerprint density at radius 1 is 0.806 bits per heavy atom. The fraction of sp³-hybridized carbons (Fsp3) is 0.519. The maximum atomic E-state index is 12.5. The van der Waals surface area contributed by atoms with Crippen molar-refractivity contribution in [3.05, 3.63) is 59.7 Å². The summed E-state index contributed by atoms with van der Waals surface area (Å²) in [5.74, 6) is 1.33. The summed E-state index contributed by atoms with van der Waals surface area (Å²) in [5.41, 5.74) is 1.40. The van der Waals surface area contributed by atoms with Gasteiger partial charge in [-0.1, -0.05) is 78.0 Å². The van der Waals surface area contributed by atoms with E-state index in [2.05, 4.69) is 27.7 Å². The Morgan fingerprint density at radius 2 is 1.48 bits per heavy atom. The molecule has 0 atom stereocenters. The molecule has 2 rings (SSSR count). The predicted octanol–water partition coefficient (Wildman–Crippen LogP) is 6.96. The van der Waals surface area contributed by atoms with Gasteiger partial charge in [-0.15, -0.1) is 0 Å². The van der Waals surface area contributed by atoms with Crippen molar-refractivity contribution >= 4 is 5.97 Å². The molecule has 2 aromatic carbocycles. The molecule has 0 fully saturated rings. The number of esters is 1. The van der Waals surface area contributed by atoms with Crippen LogP contribution in [0, 0.1) is 0 Å². The molecule has 0 N–H and O–H groups in total. The van der Waals surface area contributed by atoms with Gasteiger partial charge in [0.25, 0.3) is 0 Å². The van der Waals surface area contributed by atoms with Crippen molar-refractivity contribution < 1.29 is 19.0 Å². The van der Waals surface area contributed by atoms with Crippen LogP contribution >= 0.6 is 0 Å². The minimum atomic E-state index is -0.266. The van der Waals surface area contributed by atoms with Crippen molar-refractivity contribution in [1.29, 1.82) is 0 Å². The largest absolute Gasteiger partial charge is 0.490 e. The quantitative estimate of drug-likeness (QED) is 0.256. The summed E-state index contributed by atoms with van der Waals surface area (Å²) in [4.78, 5) is 12.5. The monoisotopic (exact) mass is 426 g/mol. The molecular weight excluding hydrogens is 388 g/mol. The Bertz CT molecular complexity index is 778. The maximum Gasteiger partial charge on any atom is 0.338 e. The molecule has 31 heavy (non-hydrogen) atoms. The van der Waals surface area contributed by atoms with Gasteiger partial charge in [-0.25, -0.2) is 4.79 Å². The lowest BCUT2D eigenvalue weighted by atomic mass is 9.85. The second-order valence-electron chi connectivity index (χ2n) is 8.87. The fourth-order valence-electron chi connectivity index (χ4n) is 3.33. The van der Waals surface area contributed by atoms with Crippen LogP contribution in [-0.4, -0.2) is 25.8 Å². The summed E-state index contributed by atoms with van der Waals surface area (Å²) >= 11 is 0. The van der Waals surface area contributed by atoms with Gasteiger partial charge in [0.15, 0.2) is 0 Å². The molecule has 0 aliphatic heterocycles. The molecule has 0 unspecified atom stereocenters. The first-order valence-electron chi connectivity index (χ1n) is 11.5. The van der Waals surface area contributed by atoms with Crippen molar-refractivity contribution in [2.75, 3.05) is 19.8 Å². The Balaban J connectivity index is 1.87. The van der Waals surface area contributed by atoms with Crippen molar-refractivity contribution in [1.82, 2.24) is 0 Å². The van der Waals surface area contributed by atoms with Crippen molar-refractivity contribution in [2.24, 2.45) is 0 Å². The van der Waals surface area contributed by atoms with Crippen LogP contribution in [0.2, 0.25) is 0 Å². The van der Waals surface area contributed by atoms with E-state index < -0.39 is 0 Å². The Hall–Kier alpha value is -2.49. The van der Waals surface area contributed by atoms with Crippen LogP contribution in [0.1, 0.15) is 82.1 Å². The van der Waals surface area contributed by atoms with E-state index in [9.17, 15) is 4.79 Å². The van der Waals surface area contributed by atoms with Crippen LogP contribution in [0.5, 0.6) is 11.5 Å². The third-order valence-electron chi connectivity index (χ3n) is 5.11. The number of rotatable bonds is 13. The number of para-hydroxylation sites is 1. The number of hydrogen-bond acceptors (Lipinski definition) is 4. The van der Waals surface area contributed by atoms with E-state index in [0.717, 1.165) is 29.9 Å². The summed E-state index contributed by atoms with van der Waals surface area (Å²) in [6, 6.07) is 15.2. The molecule has 4 nitrogen and oxygen atoms in total. The van der Waals surface area contributed by atoms with Gasteiger partial charge in [-0.2, -0.15) is 0 Å². The van der Waals surface area contributed by atoms with Gasteiger partial charge in [0.05, 0.1) is 12.2 Å². The Labute approximate surface area is 187 Å². The van der Waals surface area contributed by atoms with E-state index in [1.54, 1.807) is 6.07 Å². The second-order valence-corrected chi connectivity index (χ2v) is 8.87. The standard InChI is InChI=1S/C27H38O4/c1-5-6-7-8-9-13-18-31-26(28)22-16-17-25(24(21-22)27(2,3)4)30-20-19-29-23-14-11-10-12-15-23/h10-12,14-17,21H,5-9,13,18-20H2,1-4H3. The SMILES string of the molecule is CCCCCCCCOC(=O)c1ccc(OCCOc2ccccc2)c(C(C)(C)C)c1. The summed E-state index contributed by atoms with van der Waals surface area (Å²) in [7, 11) is 0. The zero-order valence-electron chi connectivity index (χ0n) is 19.6. The molecule has 0 aromatic heterocycles. The molecule has 0 aliphatic carbocycles. The highest BCUT2D eigenvalue weighted by Gasteiger charge is 2.21. The lowest BCUT2D eigenvalue weighted by Crippen LogP contribution is -2.17. The van der Waals surface area contributed by atoms with Gasteiger partial charge < -0.3 is 14.2 Å². The van der Waals surface area contributed by atoms with Gasteiger partial charge >= 0.3 is 5.97 Å². The van der Waals surface area contributed by atoms with E-state index in [-0.39, 0.29) is 11.4 Å². The van der Waals surface area contributed by atoms with Gasteiger partial charge in [0.2, 0.25) is 0 Å². The number of benzene rings is 2. The highest BCUT2D eigenvalue weighted by atomic mass is 16.5. The molecule has 0 amide bonds. The first-order valence-corrected chi connectivity index (χ1v) is 11.5. The summed E-state index contributed by atoms with van der Waals surface area (Å²) < 4.78 is 17.2. The zero-order valence-corrected chi connectivity index (χ0v) is 19.6. The average molecular weight is 427 g/mol. The van der Waals surface area contributed by atoms with E-state index >= 15 is 0 Å². The molecule has 170 valence electrons. The van der Waals surface area contributed by atoms with E-state index in [1.165, 1.54) is 25.7 Å². The predicted molar refractivity (Wildman–Crippen MR) is 126 cm³/mol. The third kappa shape index (κ3) is 9.04. The Morgan fingerprint density at radius 3 is 2.19 bits per heavy atom. The number of hydrogen-bond donors (Lipinski definition) is 0. The van der Waals surface area contributed by atoms with Crippen LogP contribution in [0.4, 0.5) is 0 Å². The van der Waals surface area contributed by atoms with Gasteiger partial charge in [-0.05, 0) is 42.2 Å². The van der Waals surface area contributed by atoms with Crippen LogP contribution in [0.25, 0.3) is 0 Å². The average Bonchev–Trinajstić information content (AvgIpc) is 2.76. The number of ether oxygens (including phenoxy) is 3. The number of carbonyl (C=O) groups excluding carboxylic acids is 1. The molecular formula is C27H38O4. The molecule has 0 aliphatic rings. The van der Waals surface area contributed by atoms with E-state index in [4.69, 9.17) is 14.2 Å². The first-order chi connectivity index (χ1) is 14.9. The van der Waals surface area contributed by atoms with Crippen molar-refractivity contribution in [2.45, 2.75) is 71.6 Å². The first kappa shape index (κ1) is 24.8. The van der Waals surface area contributed by atoms with Gasteiger partial charge in [-0.3, -0.25) is 0 Å². The zero-order chi connectivity index (χ0) is 22.5. The smallest absolute Gasteiger partial charge is 0.338 e. The summed E-state index contributed by atoms with van der Waals surface area (Å²) in [5, 5.41) is 0. The normalized spacial score (nSPS) is 11.2. The summed E-state index contributed by atoms with van der Waals surface area (Å²) in [6.45, 7) is 9.91. The van der Waals surface area contributed by atoms with Crippen LogP contribution in [0.15, 0.2) is 48.5 Å². The van der Waals surface area contributed by atoms with E-state index in [0.29, 0.717) is 25.4 Å². The molecule has 0 saturated carbocycles. The molecule has 0 saturated heterocycles. The van der Waals surface area contributed by atoms with Gasteiger partial charge in [0, 0.05) is 5.56 Å². The van der Waals surface area contributed by atoms with Crippen molar-refractivity contribution in [3.63, 3.8) is 0 Å². The van der Waals surface area contributed by atoms with Gasteiger partial charge in [0.1, 0.15) is 24.7 Å². The second kappa shape index (κ2) is 13.0. The minimum absolute atomic E-state index is 0.162. The molecule has 2 aromatic rings. The van der Waals surface area contributed by atoms with E-state index in [1.807, 2.05) is 42.5 Å². The maximum absolute atomic E-state index is 12.5. The molecule has 0 heterocycles. The Kier molecular flexibility index (Phi) is 10.4. The highest BCUT2D eigenvalue weighted by Crippen LogP contribution is 2.32. The van der Waals surface area contributed by atoms with Crippen LogP contribution in [-0.2, 0) is 10.2 Å². The molecule has 0 spiro atoms. The minimum Gasteiger partial charge on any atom is -0.490 e. The topological polar surface area (TPSA) is 44.8 Å². The van der Waals surface area contributed by atoms with Crippen LogP contribution in [0.3, 0.4) is 0 Å². The third-order valence-corrected chi connectivity index (χ3v) is 5.11. The highest BCUT2D eigenvalue weighted by molar-refractivity contribution is 5.90. The molecule has 4 heteroatoms. The summed E-state index contributed by atoms with van der Waals surface area (Å²) in [6.07, 6.45) is 7.02. The van der Waals surface area contributed by atoms with Crippen LogP contribution < -0.4 is 9.47 Å². The lowest BCUT2D eigenvalue weighted by Gasteiger charge is -2.23. The molecule has 0 radical (unpaired) electrons. The molecule has 0 bridgehead atoms. The fourth-order valence-corrected chi connectivity index (χ4v) is 3.33. The van der Waals surface area contributed by atoms with Crippen molar-refractivity contribution in [3.8, 4) is 11.5 Å².